The summed E-state index contributed by atoms with van der Waals surface area (Å²) in [5.74, 6) is -2.27. The number of isocyanates is 4. The Morgan fingerprint density at radius 2 is 0.592 bits per heavy atom. The first-order valence-corrected chi connectivity index (χ1v) is 16.6. The number of aliphatic imine (C=N–C) groups is 4. The van der Waals surface area contributed by atoms with E-state index in [2.05, 4.69) is 20.0 Å². The zero-order chi connectivity index (χ0) is 36.3. The Labute approximate surface area is 286 Å². The molecule has 49 heavy (non-hydrogen) atoms. The van der Waals surface area contributed by atoms with Crippen molar-refractivity contribution in [3.8, 4) is 0 Å². The lowest BCUT2D eigenvalue weighted by Gasteiger charge is -2.31. The molecule has 0 saturated heterocycles. The highest BCUT2D eigenvalue weighted by Crippen LogP contribution is 2.23. The molecule has 0 fully saturated rings. The SMILES string of the molecule is O=C=NCCCCCC(=O)OCC(COC(=O)CCCCCN=C=O)(COC(=O)CCCCCN=C=O)COC(=O)CCCCCN=C=O. The Morgan fingerprint density at radius 1 is 0.367 bits per heavy atom. The van der Waals surface area contributed by atoms with Crippen LogP contribution in [-0.4, -0.2) is 101 Å². The maximum Gasteiger partial charge on any atom is 0.305 e. The van der Waals surface area contributed by atoms with Gasteiger partial charge in [-0.1, -0.05) is 25.7 Å². The number of ether oxygens (including phenoxy) is 4. The van der Waals surface area contributed by atoms with Crippen molar-refractivity contribution in [3.63, 3.8) is 0 Å². The van der Waals surface area contributed by atoms with Crippen molar-refractivity contribution in [2.75, 3.05) is 52.6 Å². The van der Waals surface area contributed by atoms with Crippen LogP contribution in [0, 0.1) is 5.41 Å². The van der Waals surface area contributed by atoms with Crippen molar-refractivity contribution in [1.82, 2.24) is 0 Å². The van der Waals surface area contributed by atoms with E-state index in [9.17, 15) is 38.4 Å². The first-order chi connectivity index (χ1) is 23.8. The lowest BCUT2D eigenvalue weighted by Crippen LogP contribution is -2.44. The summed E-state index contributed by atoms with van der Waals surface area (Å²) in [5.41, 5.74) is -1.41. The van der Waals surface area contributed by atoms with Gasteiger partial charge in [-0.15, -0.1) is 0 Å². The fraction of sp³-hybridized carbons (Fsp3) is 0.758. The predicted molar refractivity (Wildman–Crippen MR) is 172 cm³/mol. The van der Waals surface area contributed by atoms with Gasteiger partial charge < -0.3 is 18.9 Å². The van der Waals surface area contributed by atoms with Gasteiger partial charge in [-0.05, 0) is 51.4 Å². The number of nitrogens with zero attached hydrogens (tertiary/aromatic N) is 4. The van der Waals surface area contributed by atoms with Gasteiger partial charge in [-0.25, -0.2) is 39.1 Å². The van der Waals surface area contributed by atoms with Gasteiger partial charge in [0, 0.05) is 25.7 Å². The molecule has 0 saturated carbocycles. The first-order valence-electron chi connectivity index (χ1n) is 16.6. The number of hydrogen-bond donors (Lipinski definition) is 0. The van der Waals surface area contributed by atoms with Crippen LogP contribution in [0.4, 0.5) is 0 Å². The quantitative estimate of drug-likeness (QED) is 0.0323. The van der Waals surface area contributed by atoms with Gasteiger partial charge in [0.25, 0.3) is 0 Å². The van der Waals surface area contributed by atoms with E-state index in [1.165, 1.54) is 24.3 Å². The van der Waals surface area contributed by atoms with Gasteiger partial charge in [-0.2, -0.15) is 0 Å². The summed E-state index contributed by atoms with van der Waals surface area (Å²) in [6, 6.07) is 0. The molecule has 0 rings (SSSR count). The molecule has 0 aliphatic carbocycles. The first kappa shape index (κ1) is 44.4. The molecule has 0 atom stereocenters. The molecule has 0 aliphatic heterocycles. The van der Waals surface area contributed by atoms with Gasteiger partial charge in [0.15, 0.2) is 0 Å². The van der Waals surface area contributed by atoms with Gasteiger partial charge >= 0.3 is 23.9 Å². The topological polar surface area (TPSA) is 223 Å². The van der Waals surface area contributed by atoms with E-state index < -0.39 is 29.3 Å². The highest BCUT2D eigenvalue weighted by molar-refractivity contribution is 5.71. The average Bonchev–Trinajstić information content (AvgIpc) is 3.10. The number of carbonyl (C=O) groups excluding carboxylic acids is 8. The minimum Gasteiger partial charge on any atom is -0.465 e. The van der Waals surface area contributed by atoms with Crippen LogP contribution in [0.3, 0.4) is 0 Å². The minimum atomic E-state index is -1.41. The molecule has 272 valence electrons. The second-order valence-corrected chi connectivity index (χ2v) is 11.3. The van der Waals surface area contributed by atoms with E-state index in [0.29, 0.717) is 103 Å². The highest BCUT2D eigenvalue weighted by Gasteiger charge is 2.38. The Kier molecular flexibility index (Phi) is 29.0. The van der Waals surface area contributed by atoms with Crippen LogP contribution in [0.25, 0.3) is 0 Å². The second kappa shape index (κ2) is 32.0. The zero-order valence-corrected chi connectivity index (χ0v) is 28.2. The fourth-order valence-corrected chi connectivity index (χ4v) is 4.20. The summed E-state index contributed by atoms with van der Waals surface area (Å²) in [5, 5.41) is 0. The van der Waals surface area contributed by atoms with E-state index in [1.807, 2.05) is 0 Å². The van der Waals surface area contributed by atoms with Crippen molar-refractivity contribution < 1.29 is 57.3 Å². The van der Waals surface area contributed by atoms with Crippen molar-refractivity contribution in [2.24, 2.45) is 25.4 Å². The molecule has 0 bridgehead atoms. The predicted octanol–water partition coefficient (Wildman–Crippen LogP) is 3.73. The molecule has 0 heterocycles. The molecule has 0 aliphatic rings. The van der Waals surface area contributed by atoms with Crippen LogP contribution in [0.1, 0.15) is 103 Å². The Morgan fingerprint density at radius 3 is 0.796 bits per heavy atom. The molecule has 0 unspecified atom stereocenters. The summed E-state index contributed by atoms with van der Waals surface area (Å²) in [6.45, 7) is -0.325. The summed E-state index contributed by atoms with van der Waals surface area (Å²) in [7, 11) is 0. The minimum absolute atomic E-state index is 0.0523. The van der Waals surface area contributed by atoms with Crippen molar-refractivity contribution in [3.05, 3.63) is 0 Å². The number of unbranched alkanes of at least 4 members (excludes halogenated alkanes) is 8. The number of esters is 4. The van der Waals surface area contributed by atoms with Crippen LogP contribution >= 0.6 is 0 Å². The molecule has 0 aromatic carbocycles. The van der Waals surface area contributed by atoms with Gasteiger partial charge in [0.2, 0.25) is 24.3 Å². The van der Waals surface area contributed by atoms with E-state index in [-0.39, 0.29) is 52.1 Å². The number of rotatable bonds is 32. The van der Waals surface area contributed by atoms with Crippen molar-refractivity contribution in [2.45, 2.75) is 103 Å². The van der Waals surface area contributed by atoms with Crippen molar-refractivity contribution >= 4 is 48.2 Å². The Bertz CT molecular complexity index is 987. The standard InChI is InChI=1S/C33H48N4O12/c38-25-34-17-9-1-5-13-29(42)46-21-33(22-47-30(43)14-6-2-10-18-35-26-39,23-48-31(44)15-7-3-11-19-36-27-40)24-49-32(45)16-8-4-12-20-37-28-41/h1-24H2. The lowest BCUT2D eigenvalue weighted by atomic mass is 9.92. The third kappa shape index (κ3) is 28.2. The largest absolute Gasteiger partial charge is 0.465 e. The van der Waals surface area contributed by atoms with Crippen LogP contribution in [-0.2, 0) is 57.3 Å². The fourth-order valence-electron chi connectivity index (χ4n) is 4.20. The van der Waals surface area contributed by atoms with Crippen LogP contribution in [0.15, 0.2) is 20.0 Å². The van der Waals surface area contributed by atoms with E-state index in [0.717, 1.165) is 0 Å². The molecular formula is C33H48N4O12. The summed E-state index contributed by atoms with van der Waals surface area (Å²) in [6.07, 6.45) is 12.7. The monoisotopic (exact) mass is 692 g/mol. The lowest BCUT2D eigenvalue weighted by molar-refractivity contribution is -0.170. The average molecular weight is 693 g/mol. The third-order valence-electron chi connectivity index (χ3n) is 7.02. The summed E-state index contributed by atoms with van der Waals surface area (Å²) < 4.78 is 22.1. The molecule has 0 aromatic heterocycles. The number of hydrogen-bond acceptors (Lipinski definition) is 16. The van der Waals surface area contributed by atoms with Crippen molar-refractivity contribution in [1.29, 1.82) is 0 Å². The molecule has 16 nitrogen and oxygen atoms in total. The maximum absolute atomic E-state index is 12.6. The Hall–Kier alpha value is -4.60. The molecule has 0 N–H and O–H groups in total. The molecular weight excluding hydrogens is 644 g/mol. The normalized spacial score (nSPS) is 11.3. The summed E-state index contributed by atoms with van der Waals surface area (Å²) in [4.78, 5) is 105. The zero-order valence-electron chi connectivity index (χ0n) is 28.2. The van der Waals surface area contributed by atoms with E-state index >= 15 is 0 Å². The van der Waals surface area contributed by atoms with Crippen LogP contribution < -0.4 is 0 Å². The maximum atomic E-state index is 12.6. The number of carbonyl (C=O) groups is 4. The van der Waals surface area contributed by atoms with Gasteiger partial charge in [0.1, 0.15) is 31.8 Å². The van der Waals surface area contributed by atoms with Gasteiger partial charge in [-0.3, -0.25) is 19.2 Å². The smallest absolute Gasteiger partial charge is 0.305 e. The van der Waals surface area contributed by atoms with Crippen LogP contribution in [0.2, 0.25) is 0 Å². The molecule has 0 aromatic rings. The van der Waals surface area contributed by atoms with E-state index in [1.54, 1.807) is 0 Å². The Balaban J connectivity index is 5.58. The molecule has 16 heteroatoms. The third-order valence-corrected chi connectivity index (χ3v) is 7.02. The summed E-state index contributed by atoms with van der Waals surface area (Å²) >= 11 is 0. The highest BCUT2D eigenvalue weighted by atomic mass is 16.6. The molecule has 0 amide bonds. The van der Waals surface area contributed by atoms with Gasteiger partial charge in [0.05, 0.1) is 26.2 Å². The van der Waals surface area contributed by atoms with Crippen LogP contribution in [0.5, 0.6) is 0 Å². The molecule has 0 spiro atoms. The molecule has 0 radical (unpaired) electrons. The van der Waals surface area contributed by atoms with E-state index in [4.69, 9.17) is 18.9 Å². The second-order valence-electron chi connectivity index (χ2n) is 11.3.